The molecule has 2 aromatic heterocycles. The number of anilines is 1. The Morgan fingerprint density at radius 3 is 2.46 bits per heavy atom. The van der Waals surface area contributed by atoms with Gasteiger partial charge in [-0.3, -0.25) is 9.29 Å². The van der Waals surface area contributed by atoms with Crippen LogP contribution in [-0.4, -0.2) is 23.0 Å². The van der Waals surface area contributed by atoms with E-state index in [1.54, 1.807) is 12.1 Å². The molecule has 0 unspecified atom stereocenters. The van der Waals surface area contributed by atoms with Crippen LogP contribution in [0.15, 0.2) is 48.0 Å². The van der Waals surface area contributed by atoms with Gasteiger partial charge in [0.25, 0.3) is 10.0 Å². The first kappa shape index (κ1) is 18.3. The first-order valence-electron chi connectivity index (χ1n) is 7.64. The highest BCUT2D eigenvalue weighted by Gasteiger charge is 2.22. The van der Waals surface area contributed by atoms with Crippen LogP contribution in [0.2, 0.25) is 5.02 Å². The monoisotopic (exact) mass is 394 g/mol. The highest BCUT2D eigenvalue weighted by atomic mass is 35.5. The maximum Gasteiger partial charge on any atom is 0.279 e. The Bertz CT molecular complexity index is 1050. The Labute approximate surface area is 155 Å². The molecule has 0 atom stereocenters. The van der Waals surface area contributed by atoms with Crippen LogP contribution < -0.4 is 4.72 Å². The number of pyridine rings is 1. The normalized spacial score (nSPS) is 11.5. The first-order valence-corrected chi connectivity index (χ1v) is 9.50. The van der Waals surface area contributed by atoms with Gasteiger partial charge in [-0.1, -0.05) is 17.7 Å². The van der Waals surface area contributed by atoms with Crippen molar-refractivity contribution in [3.63, 3.8) is 0 Å². The third kappa shape index (κ3) is 3.71. The van der Waals surface area contributed by atoms with E-state index in [1.807, 2.05) is 19.9 Å². The number of nitrogens with one attached hydrogen (secondary N) is 1. The second-order valence-corrected chi connectivity index (χ2v) is 7.90. The molecule has 1 aromatic carbocycles. The number of hydrogen-bond donors (Lipinski definition) is 1. The zero-order valence-electron chi connectivity index (χ0n) is 14.1. The molecule has 0 bridgehead atoms. The van der Waals surface area contributed by atoms with E-state index in [0.717, 1.165) is 11.1 Å². The molecule has 3 rings (SSSR count). The molecule has 1 N–H and O–H groups in total. The molecule has 0 saturated carbocycles. The molecule has 0 aliphatic heterocycles. The summed E-state index contributed by atoms with van der Waals surface area (Å²) in [5.41, 5.74) is 2.61. The lowest BCUT2D eigenvalue weighted by atomic mass is 10.1. The first-order chi connectivity index (χ1) is 12.3. The van der Waals surface area contributed by atoms with Crippen LogP contribution >= 0.6 is 11.6 Å². The molecule has 136 valence electrons. The summed E-state index contributed by atoms with van der Waals surface area (Å²) in [6, 6.07) is 6.80. The lowest BCUT2D eigenvalue weighted by Crippen LogP contribution is -2.17. The Morgan fingerprint density at radius 2 is 1.85 bits per heavy atom. The lowest BCUT2D eigenvalue weighted by Gasteiger charge is -2.12. The van der Waals surface area contributed by atoms with E-state index in [4.69, 9.17) is 11.6 Å². The highest BCUT2D eigenvalue weighted by molar-refractivity contribution is 7.92. The van der Waals surface area contributed by atoms with Crippen molar-refractivity contribution in [1.82, 2.24) is 14.5 Å². The molecule has 0 fully saturated rings. The summed E-state index contributed by atoms with van der Waals surface area (Å²) in [6.45, 7) is 3.05. The average Bonchev–Trinajstić information content (AvgIpc) is 3.03. The molecule has 3 aromatic rings. The van der Waals surface area contributed by atoms with E-state index in [2.05, 4.69) is 14.7 Å². The number of imidazole rings is 1. The summed E-state index contributed by atoms with van der Waals surface area (Å²) in [6.07, 6.45) is 3.79. The molecule has 0 amide bonds. The van der Waals surface area contributed by atoms with Gasteiger partial charge in [-0.2, -0.15) is 8.42 Å². The molecule has 0 saturated heterocycles. The predicted molar refractivity (Wildman–Crippen MR) is 97.9 cm³/mol. The maximum absolute atomic E-state index is 12.8. The summed E-state index contributed by atoms with van der Waals surface area (Å²) in [5, 5.41) is 0.0000534. The zero-order valence-corrected chi connectivity index (χ0v) is 15.6. The molecular weight excluding hydrogens is 379 g/mol. The van der Waals surface area contributed by atoms with Gasteiger partial charge in [-0.15, -0.1) is 0 Å². The smallest absolute Gasteiger partial charge is 0.278 e. The molecular formula is C17H16ClFN4O2S. The number of aromatic nitrogens is 3. The van der Waals surface area contributed by atoms with Crippen LogP contribution in [0.1, 0.15) is 16.7 Å². The molecule has 0 radical (unpaired) electrons. The third-order valence-corrected chi connectivity index (χ3v) is 5.25. The molecule has 9 heteroatoms. The maximum atomic E-state index is 12.8. The number of halogens is 2. The largest absolute Gasteiger partial charge is 0.279 e. The van der Waals surface area contributed by atoms with Gasteiger partial charge < -0.3 is 0 Å². The summed E-state index contributed by atoms with van der Waals surface area (Å²) in [7, 11) is -3.94. The van der Waals surface area contributed by atoms with Crippen molar-refractivity contribution in [2.24, 2.45) is 0 Å². The van der Waals surface area contributed by atoms with Crippen LogP contribution in [-0.2, 0) is 16.7 Å². The van der Waals surface area contributed by atoms with Crippen LogP contribution in [0.3, 0.4) is 0 Å². The van der Waals surface area contributed by atoms with Crippen molar-refractivity contribution in [3.8, 4) is 5.82 Å². The van der Waals surface area contributed by atoms with E-state index in [1.165, 1.54) is 29.4 Å². The lowest BCUT2D eigenvalue weighted by molar-refractivity contribution is 0.484. The van der Waals surface area contributed by atoms with Crippen molar-refractivity contribution in [2.75, 3.05) is 4.72 Å². The van der Waals surface area contributed by atoms with Crippen LogP contribution in [0.5, 0.6) is 0 Å². The van der Waals surface area contributed by atoms with E-state index < -0.39 is 16.7 Å². The number of benzene rings is 1. The molecule has 26 heavy (non-hydrogen) atoms. The SMILES string of the molecule is Cc1cc(C)cc(NS(=O)(=O)c2cncn2-c2ncc(CF)cc2Cl)c1. The molecule has 0 spiro atoms. The Morgan fingerprint density at radius 1 is 1.15 bits per heavy atom. The molecule has 0 aliphatic rings. The second-order valence-electron chi connectivity index (χ2n) is 5.87. The number of hydrogen-bond acceptors (Lipinski definition) is 4. The minimum absolute atomic E-state index is 0.126. The summed E-state index contributed by atoms with van der Waals surface area (Å²) in [4.78, 5) is 7.96. The molecule has 0 aliphatic carbocycles. The number of alkyl halides is 1. The van der Waals surface area contributed by atoms with Gasteiger partial charge in [-0.25, -0.2) is 14.4 Å². The van der Waals surface area contributed by atoms with Crippen molar-refractivity contribution in [3.05, 3.63) is 64.7 Å². The van der Waals surface area contributed by atoms with Gasteiger partial charge in [0, 0.05) is 17.4 Å². The quantitative estimate of drug-likeness (QED) is 0.713. The summed E-state index contributed by atoms with van der Waals surface area (Å²) in [5.74, 6) is 0.155. The van der Waals surface area contributed by atoms with Gasteiger partial charge in [0.15, 0.2) is 10.8 Å². The fourth-order valence-corrected chi connectivity index (χ4v) is 4.01. The third-order valence-electron chi connectivity index (χ3n) is 3.61. The number of sulfonamides is 1. The van der Waals surface area contributed by atoms with Gasteiger partial charge in [0.1, 0.15) is 13.0 Å². The molecule has 6 nitrogen and oxygen atoms in total. The van der Waals surface area contributed by atoms with Gasteiger partial charge in [-0.05, 0) is 43.2 Å². The number of aryl methyl sites for hydroxylation is 2. The van der Waals surface area contributed by atoms with E-state index in [-0.39, 0.29) is 15.9 Å². The summed E-state index contributed by atoms with van der Waals surface area (Å²) >= 11 is 6.13. The fraction of sp³-hybridized carbons (Fsp3) is 0.176. The number of nitrogens with zero attached hydrogens (tertiary/aromatic N) is 3. The summed E-state index contributed by atoms with van der Waals surface area (Å²) < 4.78 is 42.1. The Kier molecular flexibility index (Phi) is 4.97. The van der Waals surface area contributed by atoms with Crippen molar-refractivity contribution >= 4 is 27.3 Å². The van der Waals surface area contributed by atoms with Crippen LogP contribution in [0, 0.1) is 13.8 Å². The van der Waals surface area contributed by atoms with E-state index in [9.17, 15) is 12.8 Å². The second kappa shape index (κ2) is 7.05. The van der Waals surface area contributed by atoms with E-state index in [0.29, 0.717) is 11.3 Å². The minimum atomic E-state index is -3.94. The fourth-order valence-electron chi connectivity index (χ4n) is 2.60. The average molecular weight is 395 g/mol. The standard InChI is InChI=1S/C17H16ClFN4O2S/c1-11-3-12(2)5-14(4-11)22-26(24,25)16-9-20-10-23(16)17-15(18)6-13(7-19)8-21-17/h3-6,8-10,22H,7H2,1-2H3. The van der Waals surface area contributed by atoms with E-state index >= 15 is 0 Å². The van der Waals surface area contributed by atoms with Crippen molar-refractivity contribution in [2.45, 2.75) is 25.5 Å². The minimum Gasteiger partial charge on any atom is -0.278 e. The van der Waals surface area contributed by atoms with Crippen molar-refractivity contribution < 1.29 is 12.8 Å². The molecule has 2 heterocycles. The van der Waals surface area contributed by atoms with Gasteiger partial charge >= 0.3 is 0 Å². The van der Waals surface area contributed by atoms with Gasteiger partial charge in [0.05, 0.1) is 11.2 Å². The Hall–Kier alpha value is -2.45. The highest BCUT2D eigenvalue weighted by Crippen LogP contribution is 2.25. The van der Waals surface area contributed by atoms with Gasteiger partial charge in [0.2, 0.25) is 0 Å². The van der Waals surface area contributed by atoms with Crippen LogP contribution in [0.25, 0.3) is 5.82 Å². The predicted octanol–water partition coefficient (Wildman–Crippen LogP) is 3.81. The van der Waals surface area contributed by atoms with Crippen LogP contribution in [0.4, 0.5) is 10.1 Å². The number of rotatable bonds is 5. The van der Waals surface area contributed by atoms with Crippen molar-refractivity contribution in [1.29, 1.82) is 0 Å². The zero-order chi connectivity index (χ0) is 18.9. The Balaban J connectivity index is 2.01. The topological polar surface area (TPSA) is 76.9 Å².